The Labute approximate surface area is 74.6 Å². The minimum absolute atomic E-state index is 0.446. The third-order valence-electron chi connectivity index (χ3n) is 2.92. The Morgan fingerprint density at radius 2 is 2.00 bits per heavy atom. The third-order valence-corrected chi connectivity index (χ3v) is 2.92. The number of hydrogen-bond donors (Lipinski definition) is 0. The van der Waals surface area contributed by atoms with Crippen molar-refractivity contribution < 1.29 is 0 Å². The van der Waals surface area contributed by atoms with E-state index in [0.29, 0.717) is 6.04 Å². The summed E-state index contributed by atoms with van der Waals surface area (Å²) in [7, 11) is 0. The predicted octanol–water partition coefficient (Wildman–Crippen LogP) is 2.97. The fraction of sp³-hybridized carbons (Fsp3) is 0.727. The van der Waals surface area contributed by atoms with Gasteiger partial charge in [-0.2, -0.15) is 0 Å². The highest BCUT2D eigenvalue weighted by Crippen LogP contribution is 2.27. The van der Waals surface area contributed by atoms with Gasteiger partial charge >= 0.3 is 0 Å². The highest BCUT2D eigenvalue weighted by Gasteiger charge is 2.19. The lowest BCUT2D eigenvalue weighted by Gasteiger charge is -2.20. The number of hydrogen-bond acceptors (Lipinski definition) is 1. The number of rotatable bonds is 1. The zero-order valence-electron chi connectivity index (χ0n) is 7.79. The van der Waals surface area contributed by atoms with E-state index in [4.69, 9.17) is 0 Å². The van der Waals surface area contributed by atoms with Gasteiger partial charge in [-0.3, -0.25) is 4.99 Å². The lowest BCUT2D eigenvalue weighted by atomic mass is 9.86. The van der Waals surface area contributed by atoms with Crippen molar-refractivity contribution in [2.24, 2.45) is 10.9 Å². The molecule has 0 spiro atoms. The van der Waals surface area contributed by atoms with E-state index in [1.54, 1.807) is 0 Å². The van der Waals surface area contributed by atoms with Crippen LogP contribution in [-0.2, 0) is 0 Å². The van der Waals surface area contributed by atoms with Crippen LogP contribution in [0.2, 0.25) is 0 Å². The monoisotopic (exact) mass is 163 g/mol. The summed E-state index contributed by atoms with van der Waals surface area (Å²) in [5, 5.41) is 0. The maximum atomic E-state index is 4.62. The largest absolute Gasteiger partial charge is 0.282 e. The van der Waals surface area contributed by atoms with Crippen LogP contribution < -0.4 is 0 Å². The van der Waals surface area contributed by atoms with Gasteiger partial charge in [0.25, 0.3) is 0 Å². The summed E-state index contributed by atoms with van der Waals surface area (Å²) in [5.41, 5.74) is 1.38. The van der Waals surface area contributed by atoms with Crippen molar-refractivity contribution in [3.63, 3.8) is 0 Å². The van der Waals surface area contributed by atoms with Gasteiger partial charge < -0.3 is 0 Å². The molecule has 1 nitrogen and oxygen atoms in total. The van der Waals surface area contributed by atoms with Crippen LogP contribution in [0.4, 0.5) is 0 Å². The van der Waals surface area contributed by atoms with E-state index in [1.165, 1.54) is 37.8 Å². The van der Waals surface area contributed by atoms with Gasteiger partial charge in [0.05, 0.1) is 6.04 Å². The SMILES string of the molecule is CC1C=CC(C2CCCCC2)=N1. The molecule has 1 aliphatic heterocycles. The second kappa shape index (κ2) is 3.42. The molecule has 1 saturated carbocycles. The molecule has 2 rings (SSSR count). The van der Waals surface area contributed by atoms with Crippen molar-refractivity contribution in [3.8, 4) is 0 Å². The van der Waals surface area contributed by atoms with Crippen molar-refractivity contribution in [2.45, 2.75) is 45.1 Å². The molecule has 1 fully saturated rings. The molecule has 12 heavy (non-hydrogen) atoms. The lowest BCUT2D eigenvalue weighted by Crippen LogP contribution is -2.14. The highest BCUT2D eigenvalue weighted by atomic mass is 14.8. The normalized spacial score (nSPS) is 30.8. The molecule has 0 N–H and O–H groups in total. The molecular formula is C11H17N. The second-order valence-electron chi connectivity index (χ2n) is 3.99. The van der Waals surface area contributed by atoms with Crippen LogP contribution in [0.25, 0.3) is 0 Å². The number of aliphatic imine (C=N–C) groups is 1. The zero-order chi connectivity index (χ0) is 8.39. The molecule has 66 valence electrons. The van der Waals surface area contributed by atoms with Crippen LogP contribution in [0.3, 0.4) is 0 Å². The van der Waals surface area contributed by atoms with Gasteiger partial charge in [0.15, 0.2) is 0 Å². The summed E-state index contributed by atoms with van der Waals surface area (Å²) < 4.78 is 0. The molecule has 2 aliphatic rings. The molecule has 0 amide bonds. The minimum atomic E-state index is 0.446. The van der Waals surface area contributed by atoms with Crippen molar-refractivity contribution in [1.82, 2.24) is 0 Å². The van der Waals surface area contributed by atoms with Gasteiger partial charge in [-0.15, -0.1) is 0 Å². The molecule has 1 heterocycles. The summed E-state index contributed by atoms with van der Waals surface area (Å²) in [5.74, 6) is 0.792. The van der Waals surface area contributed by atoms with Gasteiger partial charge in [0, 0.05) is 11.6 Å². The molecule has 0 radical (unpaired) electrons. The first-order valence-electron chi connectivity index (χ1n) is 5.12. The Hall–Kier alpha value is -0.590. The molecule has 1 heteroatoms. The summed E-state index contributed by atoms with van der Waals surface area (Å²) in [4.78, 5) is 4.62. The van der Waals surface area contributed by atoms with Gasteiger partial charge in [0.1, 0.15) is 0 Å². The average Bonchev–Trinajstić information content (AvgIpc) is 2.54. The first-order valence-corrected chi connectivity index (χ1v) is 5.12. The van der Waals surface area contributed by atoms with Gasteiger partial charge in [-0.1, -0.05) is 25.3 Å². The van der Waals surface area contributed by atoms with Crippen LogP contribution in [0.5, 0.6) is 0 Å². The predicted molar refractivity (Wildman–Crippen MR) is 52.6 cm³/mol. The smallest absolute Gasteiger partial charge is 0.0658 e. The van der Waals surface area contributed by atoms with E-state index < -0.39 is 0 Å². The first kappa shape index (κ1) is 8.03. The standard InChI is InChI=1S/C11H17N/c1-9-7-8-11(12-9)10-5-3-2-4-6-10/h7-10H,2-6H2,1H3. The Morgan fingerprint density at radius 3 is 2.58 bits per heavy atom. The lowest BCUT2D eigenvalue weighted by molar-refractivity contribution is 0.440. The fourth-order valence-corrected chi connectivity index (χ4v) is 2.20. The molecular weight excluding hydrogens is 146 g/mol. The first-order chi connectivity index (χ1) is 5.86. The van der Waals surface area contributed by atoms with Crippen LogP contribution >= 0.6 is 0 Å². The van der Waals surface area contributed by atoms with E-state index in [0.717, 1.165) is 5.92 Å². The molecule has 1 aliphatic carbocycles. The molecule has 0 aromatic heterocycles. The molecule has 0 saturated heterocycles. The quantitative estimate of drug-likeness (QED) is 0.563. The summed E-state index contributed by atoms with van der Waals surface area (Å²) in [6.45, 7) is 2.16. The topological polar surface area (TPSA) is 12.4 Å². The molecule has 1 atom stereocenters. The van der Waals surface area contributed by atoms with Crippen LogP contribution in [0, 0.1) is 5.92 Å². The highest BCUT2D eigenvalue weighted by molar-refractivity contribution is 5.98. The number of nitrogens with zero attached hydrogens (tertiary/aromatic N) is 1. The Kier molecular flexibility index (Phi) is 2.29. The summed E-state index contributed by atoms with van der Waals surface area (Å²) in [6.07, 6.45) is 11.4. The molecule has 0 aromatic rings. The van der Waals surface area contributed by atoms with Crippen LogP contribution in [0.15, 0.2) is 17.1 Å². The van der Waals surface area contributed by atoms with Crippen molar-refractivity contribution in [3.05, 3.63) is 12.2 Å². The fourth-order valence-electron chi connectivity index (χ4n) is 2.20. The van der Waals surface area contributed by atoms with Crippen molar-refractivity contribution >= 4 is 5.71 Å². The van der Waals surface area contributed by atoms with E-state index in [-0.39, 0.29) is 0 Å². The van der Waals surface area contributed by atoms with Gasteiger partial charge in [-0.05, 0) is 25.8 Å². The van der Waals surface area contributed by atoms with E-state index >= 15 is 0 Å². The number of allylic oxidation sites excluding steroid dienone is 1. The molecule has 0 aromatic carbocycles. The maximum absolute atomic E-state index is 4.62. The van der Waals surface area contributed by atoms with Gasteiger partial charge in [0.2, 0.25) is 0 Å². The zero-order valence-corrected chi connectivity index (χ0v) is 7.79. The Balaban J connectivity index is 1.99. The second-order valence-corrected chi connectivity index (χ2v) is 3.99. The summed E-state index contributed by atoms with van der Waals surface area (Å²) in [6, 6.07) is 0.446. The molecule has 1 unspecified atom stereocenters. The average molecular weight is 163 g/mol. The van der Waals surface area contributed by atoms with Crippen molar-refractivity contribution in [1.29, 1.82) is 0 Å². The van der Waals surface area contributed by atoms with E-state index in [2.05, 4.69) is 24.1 Å². The van der Waals surface area contributed by atoms with Crippen LogP contribution in [-0.4, -0.2) is 11.8 Å². The van der Waals surface area contributed by atoms with Crippen molar-refractivity contribution in [2.75, 3.05) is 0 Å². The Bertz CT molecular complexity index is 209. The third kappa shape index (κ3) is 1.60. The van der Waals surface area contributed by atoms with E-state index in [9.17, 15) is 0 Å². The van der Waals surface area contributed by atoms with Crippen LogP contribution in [0.1, 0.15) is 39.0 Å². The summed E-state index contributed by atoms with van der Waals surface area (Å²) >= 11 is 0. The van der Waals surface area contributed by atoms with E-state index in [1.807, 2.05) is 0 Å². The minimum Gasteiger partial charge on any atom is -0.282 e. The van der Waals surface area contributed by atoms with Gasteiger partial charge in [-0.25, -0.2) is 0 Å². The maximum Gasteiger partial charge on any atom is 0.0658 e. The molecule has 0 bridgehead atoms. The Morgan fingerprint density at radius 1 is 1.25 bits per heavy atom.